The summed E-state index contributed by atoms with van der Waals surface area (Å²) in [6.07, 6.45) is 1.69. The lowest BCUT2D eigenvalue weighted by molar-refractivity contribution is 0.0600. The number of methoxy groups -OCH3 is 1. The van der Waals surface area contributed by atoms with Crippen molar-refractivity contribution in [2.75, 3.05) is 20.2 Å². The highest BCUT2D eigenvalue weighted by Crippen LogP contribution is 2.14. The molecule has 0 spiro atoms. The van der Waals surface area contributed by atoms with Crippen molar-refractivity contribution in [3.8, 4) is 0 Å². The van der Waals surface area contributed by atoms with Gasteiger partial charge in [0.2, 0.25) is 0 Å². The number of nitrogens with zero attached hydrogens (tertiary/aromatic N) is 3. The van der Waals surface area contributed by atoms with Crippen molar-refractivity contribution in [2.24, 2.45) is 12.0 Å². The molecule has 1 heterocycles. The molecular weight excluding hydrogens is 366 g/mol. The van der Waals surface area contributed by atoms with Crippen molar-refractivity contribution in [3.63, 3.8) is 0 Å². The van der Waals surface area contributed by atoms with Crippen LogP contribution in [0.2, 0.25) is 0 Å². The van der Waals surface area contributed by atoms with Gasteiger partial charge in [-0.1, -0.05) is 12.1 Å². The van der Waals surface area contributed by atoms with Gasteiger partial charge in [0, 0.05) is 31.9 Å². The number of nitrogens with one attached hydrogen (secondary N) is 2. The fraction of sp³-hybridized carbons (Fsp3) is 0.500. The number of ether oxygens (including phenoxy) is 1. The van der Waals surface area contributed by atoms with Crippen LogP contribution in [0.3, 0.4) is 0 Å². The first-order chi connectivity index (χ1) is 13.8. The Morgan fingerprint density at radius 2 is 1.97 bits per heavy atom. The largest absolute Gasteiger partial charge is 0.465 e. The highest BCUT2D eigenvalue weighted by molar-refractivity contribution is 5.89. The van der Waals surface area contributed by atoms with Crippen LogP contribution in [0.1, 0.15) is 46.7 Å². The van der Waals surface area contributed by atoms with E-state index in [9.17, 15) is 4.79 Å². The van der Waals surface area contributed by atoms with E-state index in [1.54, 1.807) is 12.1 Å². The Labute approximate surface area is 173 Å². The van der Waals surface area contributed by atoms with E-state index in [2.05, 4.69) is 43.4 Å². The van der Waals surface area contributed by atoms with Crippen molar-refractivity contribution in [1.82, 2.24) is 20.4 Å². The van der Waals surface area contributed by atoms with Crippen molar-refractivity contribution < 1.29 is 9.53 Å². The number of hydrogen-bond donors (Lipinski definition) is 2. The Morgan fingerprint density at radius 1 is 1.28 bits per heavy atom. The minimum Gasteiger partial charge on any atom is -0.465 e. The molecular formula is C22H33N5O2. The Kier molecular flexibility index (Phi) is 8.24. The van der Waals surface area contributed by atoms with Gasteiger partial charge in [0.05, 0.1) is 18.4 Å². The summed E-state index contributed by atoms with van der Waals surface area (Å²) < 4.78 is 6.66. The molecule has 0 amide bonds. The standard InChI is InChI=1S/C22H33N5O2/c1-7-23-22(25-15(2)14-20-16(3)26-27(5)17(20)4)24-13-12-18-8-10-19(11-9-18)21(28)29-6/h8-11,15H,7,12-14H2,1-6H3,(H2,23,24,25). The molecule has 2 rings (SSSR count). The van der Waals surface area contributed by atoms with Gasteiger partial charge in [-0.25, -0.2) is 4.79 Å². The summed E-state index contributed by atoms with van der Waals surface area (Å²) in [7, 11) is 3.37. The van der Waals surface area contributed by atoms with Gasteiger partial charge in [-0.3, -0.25) is 9.67 Å². The number of guanidine groups is 1. The van der Waals surface area contributed by atoms with Gasteiger partial charge in [0.15, 0.2) is 5.96 Å². The van der Waals surface area contributed by atoms with Crippen LogP contribution in [0.4, 0.5) is 0 Å². The molecule has 1 aromatic carbocycles. The van der Waals surface area contributed by atoms with Gasteiger partial charge in [0.25, 0.3) is 0 Å². The van der Waals surface area contributed by atoms with E-state index in [0.717, 1.165) is 36.6 Å². The van der Waals surface area contributed by atoms with Crippen molar-refractivity contribution in [1.29, 1.82) is 0 Å². The second-order valence-electron chi connectivity index (χ2n) is 7.22. The summed E-state index contributed by atoms with van der Waals surface area (Å²) in [5.41, 5.74) is 5.26. The van der Waals surface area contributed by atoms with Gasteiger partial charge < -0.3 is 15.4 Å². The van der Waals surface area contributed by atoms with Gasteiger partial charge in [-0.05, 0) is 63.8 Å². The monoisotopic (exact) mass is 399 g/mol. The lowest BCUT2D eigenvalue weighted by Gasteiger charge is -2.18. The van der Waals surface area contributed by atoms with E-state index in [0.29, 0.717) is 12.1 Å². The summed E-state index contributed by atoms with van der Waals surface area (Å²) in [6.45, 7) is 9.83. The smallest absolute Gasteiger partial charge is 0.337 e. The lowest BCUT2D eigenvalue weighted by Crippen LogP contribution is -2.43. The Bertz CT molecular complexity index is 840. The molecule has 0 aliphatic heterocycles. The molecule has 0 saturated carbocycles. The molecule has 1 unspecified atom stereocenters. The highest BCUT2D eigenvalue weighted by Gasteiger charge is 2.14. The fourth-order valence-electron chi connectivity index (χ4n) is 3.25. The van der Waals surface area contributed by atoms with Crippen LogP contribution < -0.4 is 10.6 Å². The van der Waals surface area contributed by atoms with Crippen LogP contribution in [0.5, 0.6) is 0 Å². The van der Waals surface area contributed by atoms with E-state index in [-0.39, 0.29) is 12.0 Å². The molecule has 0 aliphatic carbocycles. The average Bonchev–Trinajstić information content (AvgIpc) is 2.94. The third-order valence-corrected chi connectivity index (χ3v) is 4.94. The molecule has 0 fully saturated rings. The second kappa shape index (κ2) is 10.6. The zero-order chi connectivity index (χ0) is 21.4. The minimum absolute atomic E-state index is 0.230. The number of rotatable bonds is 8. The predicted molar refractivity (Wildman–Crippen MR) is 116 cm³/mol. The number of esters is 1. The molecule has 0 bridgehead atoms. The topological polar surface area (TPSA) is 80.5 Å². The van der Waals surface area contributed by atoms with Crippen molar-refractivity contribution in [3.05, 3.63) is 52.3 Å². The molecule has 1 atom stereocenters. The summed E-state index contributed by atoms with van der Waals surface area (Å²) in [5.74, 6) is 0.492. The summed E-state index contributed by atoms with van der Waals surface area (Å²) in [5, 5.41) is 11.3. The van der Waals surface area contributed by atoms with Crippen LogP contribution >= 0.6 is 0 Å². The minimum atomic E-state index is -0.318. The second-order valence-corrected chi connectivity index (χ2v) is 7.22. The molecule has 7 heteroatoms. The maximum absolute atomic E-state index is 11.5. The number of carbonyl (C=O) groups excluding carboxylic acids is 1. The first-order valence-corrected chi connectivity index (χ1v) is 10.1. The van der Waals surface area contributed by atoms with Gasteiger partial charge >= 0.3 is 5.97 Å². The highest BCUT2D eigenvalue weighted by atomic mass is 16.5. The third-order valence-electron chi connectivity index (χ3n) is 4.94. The Balaban J connectivity index is 1.94. The first kappa shape index (κ1) is 22.5. The zero-order valence-electron chi connectivity index (χ0n) is 18.4. The van der Waals surface area contributed by atoms with Crippen LogP contribution in [0.25, 0.3) is 0 Å². The van der Waals surface area contributed by atoms with E-state index in [1.807, 2.05) is 23.9 Å². The molecule has 2 aromatic rings. The SMILES string of the molecule is CCNC(=NCCc1ccc(C(=O)OC)cc1)NC(C)Cc1c(C)nn(C)c1C. The molecule has 0 radical (unpaired) electrons. The number of benzene rings is 1. The van der Waals surface area contributed by atoms with E-state index in [1.165, 1.54) is 18.4 Å². The van der Waals surface area contributed by atoms with Gasteiger partial charge in [0.1, 0.15) is 0 Å². The Hall–Kier alpha value is -2.83. The number of aliphatic imine (C=N–C) groups is 1. The van der Waals surface area contributed by atoms with E-state index in [4.69, 9.17) is 9.73 Å². The number of hydrogen-bond acceptors (Lipinski definition) is 4. The molecule has 0 aliphatic rings. The molecule has 0 saturated heterocycles. The fourth-order valence-corrected chi connectivity index (χ4v) is 3.25. The maximum atomic E-state index is 11.5. The third kappa shape index (κ3) is 6.34. The molecule has 2 N–H and O–H groups in total. The van der Waals surface area contributed by atoms with E-state index < -0.39 is 0 Å². The molecule has 7 nitrogen and oxygen atoms in total. The number of carbonyl (C=O) groups is 1. The first-order valence-electron chi connectivity index (χ1n) is 10.1. The quantitative estimate of drug-likeness (QED) is 0.405. The van der Waals surface area contributed by atoms with Crippen LogP contribution in [0, 0.1) is 13.8 Å². The van der Waals surface area contributed by atoms with Gasteiger partial charge in [-0.2, -0.15) is 5.10 Å². The summed E-state index contributed by atoms with van der Waals surface area (Å²) in [4.78, 5) is 16.2. The molecule has 158 valence electrons. The lowest BCUT2D eigenvalue weighted by atomic mass is 10.1. The number of aromatic nitrogens is 2. The number of aryl methyl sites for hydroxylation is 2. The van der Waals surface area contributed by atoms with Gasteiger partial charge in [-0.15, -0.1) is 0 Å². The molecule has 29 heavy (non-hydrogen) atoms. The normalized spacial score (nSPS) is 12.6. The van der Waals surface area contributed by atoms with Crippen LogP contribution in [-0.4, -0.2) is 48.0 Å². The maximum Gasteiger partial charge on any atom is 0.337 e. The summed E-state index contributed by atoms with van der Waals surface area (Å²) in [6, 6.07) is 7.69. The van der Waals surface area contributed by atoms with Crippen molar-refractivity contribution >= 4 is 11.9 Å². The average molecular weight is 400 g/mol. The predicted octanol–water partition coefficient (Wildman–Crippen LogP) is 2.55. The molecule has 1 aromatic heterocycles. The van der Waals surface area contributed by atoms with Crippen molar-refractivity contribution in [2.45, 2.75) is 46.6 Å². The van der Waals surface area contributed by atoms with E-state index >= 15 is 0 Å². The van der Waals surface area contributed by atoms with Crippen LogP contribution in [0.15, 0.2) is 29.3 Å². The summed E-state index contributed by atoms with van der Waals surface area (Å²) >= 11 is 0. The van der Waals surface area contributed by atoms with Crippen LogP contribution in [-0.2, 0) is 24.6 Å². The Morgan fingerprint density at radius 3 is 2.52 bits per heavy atom. The zero-order valence-corrected chi connectivity index (χ0v) is 18.4.